The molecule has 0 aliphatic carbocycles. The highest BCUT2D eigenvalue weighted by Gasteiger charge is 2.21. The lowest BCUT2D eigenvalue weighted by atomic mass is 10.1. The molecule has 6 nitrogen and oxygen atoms in total. The lowest BCUT2D eigenvalue weighted by Crippen LogP contribution is -2.46. The van der Waals surface area contributed by atoms with Gasteiger partial charge in [-0.1, -0.05) is 5.16 Å². The third-order valence-corrected chi connectivity index (χ3v) is 3.83. The van der Waals surface area contributed by atoms with Crippen molar-refractivity contribution >= 4 is 5.91 Å². The third-order valence-electron chi connectivity index (χ3n) is 3.83. The zero-order chi connectivity index (χ0) is 15.4. The number of amides is 1. The molecule has 0 saturated carbocycles. The highest BCUT2D eigenvalue weighted by Crippen LogP contribution is 2.20. The van der Waals surface area contributed by atoms with E-state index >= 15 is 0 Å². The van der Waals surface area contributed by atoms with Crippen LogP contribution in [0.5, 0.6) is 0 Å². The Morgan fingerprint density at radius 2 is 2.27 bits per heavy atom. The van der Waals surface area contributed by atoms with Gasteiger partial charge in [-0.2, -0.15) is 0 Å². The summed E-state index contributed by atoms with van der Waals surface area (Å²) in [6, 6.07) is 6.02. The smallest absolute Gasteiger partial charge is 0.217 e. The second-order valence-corrected chi connectivity index (χ2v) is 5.69. The van der Waals surface area contributed by atoms with Crippen molar-refractivity contribution in [1.29, 1.82) is 0 Å². The molecule has 6 heteroatoms. The molecule has 2 aromatic rings. The van der Waals surface area contributed by atoms with Gasteiger partial charge in [-0.25, -0.2) is 0 Å². The number of pyridine rings is 1. The third kappa shape index (κ3) is 3.71. The Hall–Kier alpha value is -2.21. The van der Waals surface area contributed by atoms with Gasteiger partial charge in [0.2, 0.25) is 5.91 Å². The SMILES string of the molecule is CC(=O)NC1CCCN(Cc2cc(-c3ccncc3)no2)C1. The Balaban J connectivity index is 1.61. The van der Waals surface area contributed by atoms with Crippen LogP contribution in [0.15, 0.2) is 35.1 Å². The van der Waals surface area contributed by atoms with Crippen LogP contribution in [-0.4, -0.2) is 40.1 Å². The Bertz CT molecular complexity index is 626. The molecular weight excluding hydrogens is 280 g/mol. The first-order valence-electron chi connectivity index (χ1n) is 7.56. The summed E-state index contributed by atoms with van der Waals surface area (Å²) in [5.74, 6) is 0.877. The Morgan fingerprint density at radius 1 is 1.45 bits per heavy atom. The molecule has 0 radical (unpaired) electrons. The van der Waals surface area contributed by atoms with Crippen LogP contribution in [0.4, 0.5) is 0 Å². The first kappa shape index (κ1) is 14.7. The molecule has 1 aliphatic rings. The molecular formula is C16H20N4O2. The minimum absolute atomic E-state index is 0.0338. The van der Waals surface area contributed by atoms with E-state index < -0.39 is 0 Å². The van der Waals surface area contributed by atoms with Gasteiger partial charge in [0.1, 0.15) is 5.69 Å². The predicted octanol–water partition coefficient (Wildman–Crippen LogP) is 1.84. The maximum atomic E-state index is 11.2. The molecule has 1 amide bonds. The first-order valence-corrected chi connectivity index (χ1v) is 7.56. The van der Waals surface area contributed by atoms with Crippen molar-refractivity contribution in [3.63, 3.8) is 0 Å². The summed E-state index contributed by atoms with van der Waals surface area (Å²) in [5.41, 5.74) is 1.83. The molecule has 116 valence electrons. The first-order chi connectivity index (χ1) is 10.7. The van der Waals surface area contributed by atoms with E-state index in [1.165, 1.54) is 0 Å². The van der Waals surface area contributed by atoms with Crippen LogP contribution in [-0.2, 0) is 11.3 Å². The van der Waals surface area contributed by atoms with E-state index in [1.807, 2.05) is 18.2 Å². The molecule has 0 bridgehead atoms. The summed E-state index contributed by atoms with van der Waals surface area (Å²) in [7, 11) is 0. The van der Waals surface area contributed by atoms with E-state index in [9.17, 15) is 4.79 Å². The lowest BCUT2D eigenvalue weighted by molar-refractivity contribution is -0.120. The Labute approximate surface area is 129 Å². The van der Waals surface area contributed by atoms with Crippen molar-refractivity contribution in [3.05, 3.63) is 36.4 Å². The molecule has 2 aromatic heterocycles. The number of rotatable bonds is 4. The monoisotopic (exact) mass is 300 g/mol. The fourth-order valence-corrected chi connectivity index (χ4v) is 2.87. The zero-order valence-corrected chi connectivity index (χ0v) is 12.7. The number of nitrogens with one attached hydrogen (secondary N) is 1. The molecule has 1 unspecified atom stereocenters. The molecule has 3 heterocycles. The van der Waals surface area contributed by atoms with Gasteiger partial charge in [-0.15, -0.1) is 0 Å². The summed E-state index contributed by atoms with van der Waals surface area (Å²) in [4.78, 5) is 17.5. The summed E-state index contributed by atoms with van der Waals surface area (Å²) >= 11 is 0. The van der Waals surface area contributed by atoms with Crippen LogP contribution in [0.25, 0.3) is 11.3 Å². The van der Waals surface area contributed by atoms with E-state index in [4.69, 9.17) is 4.52 Å². The van der Waals surface area contributed by atoms with Gasteiger partial charge in [0, 0.05) is 43.5 Å². The van der Waals surface area contributed by atoms with E-state index in [2.05, 4.69) is 20.4 Å². The number of hydrogen-bond donors (Lipinski definition) is 1. The normalized spacial score (nSPS) is 19.0. The molecule has 1 N–H and O–H groups in total. The van der Waals surface area contributed by atoms with Crippen LogP contribution in [0.1, 0.15) is 25.5 Å². The lowest BCUT2D eigenvalue weighted by Gasteiger charge is -2.32. The van der Waals surface area contributed by atoms with Crippen LogP contribution in [0.3, 0.4) is 0 Å². The molecule has 1 aliphatic heterocycles. The highest BCUT2D eigenvalue weighted by molar-refractivity contribution is 5.73. The molecule has 22 heavy (non-hydrogen) atoms. The number of piperidine rings is 1. The topological polar surface area (TPSA) is 71.3 Å². The minimum Gasteiger partial charge on any atom is -0.359 e. The van der Waals surface area contributed by atoms with Crippen molar-refractivity contribution in [2.45, 2.75) is 32.4 Å². The van der Waals surface area contributed by atoms with E-state index in [-0.39, 0.29) is 11.9 Å². The number of likely N-dealkylation sites (tertiary alicyclic amines) is 1. The van der Waals surface area contributed by atoms with Gasteiger partial charge >= 0.3 is 0 Å². The summed E-state index contributed by atoms with van der Waals surface area (Å²) in [6.07, 6.45) is 5.60. The standard InChI is InChI=1S/C16H20N4O2/c1-12(21)18-14-3-2-8-20(10-14)11-15-9-16(19-22-15)13-4-6-17-7-5-13/h4-7,9,14H,2-3,8,10-11H2,1H3,(H,18,21). The average Bonchev–Trinajstić information content (AvgIpc) is 2.96. The fourth-order valence-electron chi connectivity index (χ4n) is 2.87. The molecule has 0 aromatic carbocycles. The van der Waals surface area contributed by atoms with Crippen LogP contribution in [0.2, 0.25) is 0 Å². The second-order valence-electron chi connectivity index (χ2n) is 5.69. The van der Waals surface area contributed by atoms with Crippen LogP contribution < -0.4 is 5.32 Å². The largest absolute Gasteiger partial charge is 0.359 e. The second kappa shape index (κ2) is 6.70. The number of carbonyl (C=O) groups is 1. The zero-order valence-electron chi connectivity index (χ0n) is 12.7. The van der Waals surface area contributed by atoms with Crippen molar-refractivity contribution in [2.75, 3.05) is 13.1 Å². The van der Waals surface area contributed by atoms with E-state index in [0.717, 1.165) is 42.9 Å². The van der Waals surface area contributed by atoms with Crippen molar-refractivity contribution < 1.29 is 9.32 Å². The summed E-state index contributed by atoms with van der Waals surface area (Å²) in [5, 5.41) is 7.11. The number of aromatic nitrogens is 2. The number of hydrogen-bond acceptors (Lipinski definition) is 5. The van der Waals surface area contributed by atoms with Crippen molar-refractivity contribution in [1.82, 2.24) is 20.4 Å². The summed E-state index contributed by atoms with van der Waals surface area (Å²) in [6.45, 7) is 4.15. The molecule has 1 fully saturated rings. The van der Waals surface area contributed by atoms with Gasteiger partial charge in [0.15, 0.2) is 5.76 Å². The van der Waals surface area contributed by atoms with Crippen LogP contribution in [0, 0.1) is 0 Å². The number of nitrogens with zero attached hydrogens (tertiary/aromatic N) is 3. The maximum Gasteiger partial charge on any atom is 0.217 e. The van der Waals surface area contributed by atoms with E-state index in [1.54, 1.807) is 19.3 Å². The predicted molar refractivity (Wildman–Crippen MR) is 81.8 cm³/mol. The summed E-state index contributed by atoms with van der Waals surface area (Å²) < 4.78 is 5.44. The van der Waals surface area contributed by atoms with Gasteiger partial charge in [0.05, 0.1) is 6.54 Å². The Kier molecular flexibility index (Phi) is 4.48. The quantitative estimate of drug-likeness (QED) is 0.933. The molecule has 1 atom stereocenters. The van der Waals surface area contributed by atoms with Crippen molar-refractivity contribution in [2.24, 2.45) is 0 Å². The highest BCUT2D eigenvalue weighted by atomic mass is 16.5. The molecule has 3 rings (SSSR count). The molecule has 1 saturated heterocycles. The van der Waals surface area contributed by atoms with Gasteiger partial charge in [0.25, 0.3) is 0 Å². The van der Waals surface area contributed by atoms with E-state index in [0.29, 0.717) is 6.54 Å². The number of carbonyl (C=O) groups excluding carboxylic acids is 1. The fraction of sp³-hybridized carbons (Fsp3) is 0.438. The van der Waals surface area contributed by atoms with Gasteiger partial charge in [-0.05, 0) is 31.5 Å². The van der Waals surface area contributed by atoms with Crippen LogP contribution >= 0.6 is 0 Å². The van der Waals surface area contributed by atoms with Crippen molar-refractivity contribution in [3.8, 4) is 11.3 Å². The molecule has 0 spiro atoms. The average molecular weight is 300 g/mol. The van der Waals surface area contributed by atoms with Gasteiger partial charge < -0.3 is 9.84 Å². The Morgan fingerprint density at radius 3 is 3.05 bits per heavy atom. The maximum absolute atomic E-state index is 11.2. The minimum atomic E-state index is 0.0338. The van der Waals surface area contributed by atoms with Gasteiger partial charge in [-0.3, -0.25) is 14.7 Å².